The van der Waals surface area contributed by atoms with Gasteiger partial charge in [0, 0.05) is 21.0 Å². The zero-order valence-corrected chi connectivity index (χ0v) is 15.7. The van der Waals surface area contributed by atoms with Crippen LogP contribution < -0.4 is 10.9 Å². The van der Waals surface area contributed by atoms with Gasteiger partial charge in [-0.2, -0.15) is 0 Å². The Balaban J connectivity index is 0.00000196. The van der Waals surface area contributed by atoms with Crippen molar-refractivity contribution in [3.8, 4) is 11.3 Å². The van der Waals surface area contributed by atoms with Gasteiger partial charge in [0.2, 0.25) is 0 Å². The van der Waals surface area contributed by atoms with Gasteiger partial charge in [-0.05, 0) is 48.7 Å². The van der Waals surface area contributed by atoms with E-state index in [0.717, 1.165) is 11.1 Å². The third-order valence-electron chi connectivity index (χ3n) is 4.54. The number of aryl methyl sites for hydroxylation is 2. The van der Waals surface area contributed by atoms with E-state index in [1.807, 2.05) is 32.0 Å². The smallest absolute Gasteiger partial charge is 0.261 e. The van der Waals surface area contributed by atoms with E-state index in [2.05, 4.69) is 14.7 Å². The van der Waals surface area contributed by atoms with E-state index in [9.17, 15) is 13.8 Å². The van der Waals surface area contributed by atoms with E-state index in [0.29, 0.717) is 5.69 Å². The highest BCUT2D eigenvalue weighted by atomic mass is 32.2. The molecule has 0 aliphatic carbocycles. The number of carbonyl (C=O) groups is 1. The van der Waals surface area contributed by atoms with E-state index in [1.54, 1.807) is 12.1 Å². The molecule has 3 rings (SSSR count). The number of rotatable bonds is 3. The number of hydrogen-bond acceptors (Lipinski definition) is 4. The van der Waals surface area contributed by atoms with Crippen LogP contribution in [0.25, 0.3) is 11.3 Å². The van der Waals surface area contributed by atoms with E-state index < -0.39 is 27.2 Å². The largest absolute Gasteiger partial charge is 0.345 e. The molecule has 0 radical (unpaired) electrons. The van der Waals surface area contributed by atoms with Gasteiger partial charge < -0.3 is 10.3 Å². The number of pyridine rings is 1. The number of benzene rings is 1. The van der Waals surface area contributed by atoms with Gasteiger partial charge in [-0.25, -0.2) is 8.57 Å². The summed E-state index contributed by atoms with van der Waals surface area (Å²) in [6, 6.07) is 8.76. The maximum atomic E-state index is 12.4. The summed E-state index contributed by atoms with van der Waals surface area (Å²) in [6.07, 6.45) is 1.66. The molecule has 0 saturated carbocycles. The van der Waals surface area contributed by atoms with Gasteiger partial charge in [-0.3, -0.25) is 9.59 Å². The first-order chi connectivity index (χ1) is 12.3. The molecule has 2 atom stereocenters. The predicted molar refractivity (Wildman–Crippen MR) is 108 cm³/mol. The number of nitrogens with zero attached hydrogens (tertiary/aromatic N) is 1. The molecule has 2 heterocycles. The Morgan fingerprint density at radius 1 is 1.27 bits per heavy atom. The van der Waals surface area contributed by atoms with Crippen molar-refractivity contribution < 1.29 is 11.9 Å². The first kappa shape index (κ1) is 18.1. The Morgan fingerprint density at radius 2 is 2.04 bits per heavy atom. The summed E-state index contributed by atoms with van der Waals surface area (Å²) in [7, 11) is -0.892. The molecule has 0 bridgehead atoms. The highest BCUT2D eigenvalue weighted by Crippen LogP contribution is 2.19. The summed E-state index contributed by atoms with van der Waals surface area (Å²) >= 11 is 0. The second-order valence-electron chi connectivity index (χ2n) is 6.36. The second-order valence-corrected chi connectivity index (χ2v) is 8.71. The van der Waals surface area contributed by atoms with Crippen LogP contribution in [-0.4, -0.2) is 33.9 Å². The Morgan fingerprint density at radius 3 is 2.65 bits per heavy atom. The average molecular weight is 375 g/mol. The number of carbonyl (C=O) groups excluding carboxylic acids is 1. The molecule has 0 spiro atoms. The van der Waals surface area contributed by atoms with Crippen molar-refractivity contribution in [1.82, 2.24) is 10.3 Å². The standard InChI is InChI=1S/C19H21N3O3S.2H2/c1-12-4-5-14(10-13(12)2)17-7-6-16(19(24)22-17)18(23)21-15-8-9-26(25,11-15)20-3;;/h4-10,15H,11H2,1-3H3,(H,21,23)(H,22,24);2*1H. The lowest BCUT2D eigenvalue weighted by Crippen LogP contribution is -2.38. The van der Waals surface area contributed by atoms with Crippen molar-refractivity contribution >= 4 is 15.6 Å². The van der Waals surface area contributed by atoms with Crippen LogP contribution >= 0.6 is 0 Å². The third-order valence-corrected chi connectivity index (χ3v) is 6.58. The Kier molecular flexibility index (Phi) is 4.82. The summed E-state index contributed by atoms with van der Waals surface area (Å²) in [4.78, 5) is 27.5. The lowest BCUT2D eigenvalue weighted by atomic mass is 10.0. The normalized spacial score (nSPS) is 21.6. The minimum Gasteiger partial charge on any atom is -0.345 e. The fraction of sp³-hybridized carbons (Fsp3) is 0.263. The summed E-state index contributed by atoms with van der Waals surface area (Å²) in [5.41, 5.74) is 3.41. The fourth-order valence-corrected chi connectivity index (χ4v) is 4.31. The van der Waals surface area contributed by atoms with Crippen LogP contribution in [0.4, 0.5) is 0 Å². The maximum absolute atomic E-state index is 12.4. The van der Waals surface area contributed by atoms with Crippen LogP contribution in [0, 0.1) is 13.8 Å². The van der Waals surface area contributed by atoms with Gasteiger partial charge in [0.15, 0.2) is 0 Å². The summed E-state index contributed by atoms with van der Waals surface area (Å²) in [5.74, 6) is -0.263. The van der Waals surface area contributed by atoms with Gasteiger partial charge in [0.25, 0.3) is 11.5 Å². The monoisotopic (exact) mass is 375 g/mol. The van der Waals surface area contributed by atoms with Crippen molar-refractivity contribution in [2.75, 3.05) is 12.8 Å². The summed E-state index contributed by atoms with van der Waals surface area (Å²) in [6.45, 7) is 4.03. The molecule has 2 unspecified atom stereocenters. The predicted octanol–water partition coefficient (Wildman–Crippen LogP) is 2.87. The van der Waals surface area contributed by atoms with Crippen molar-refractivity contribution in [1.29, 1.82) is 0 Å². The number of aromatic amines is 1. The lowest BCUT2D eigenvalue weighted by Gasteiger charge is -2.11. The molecule has 6 nitrogen and oxygen atoms in total. The van der Waals surface area contributed by atoms with Gasteiger partial charge >= 0.3 is 0 Å². The number of amides is 1. The van der Waals surface area contributed by atoms with E-state index >= 15 is 0 Å². The van der Waals surface area contributed by atoms with E-state index in [4.69, 9.17) is 0 Å². The van der Waals surface area contributed by atoms with Gasteiger partial charge in [0.1, 0.15) is 5.56 Å². The molecular formula is C19H25N3O3S. The number of hydrogen-bond donors (Lipinski definition) is 2. The van der Waals surface area contributed by atoms with Crippen molar-refractivity contribution in [3.05, 3.63) is 68.9 Å². The van der Waals surface area contributed by atoms with Crippen LogP contribution in [-0.2, 0) is 9.73 Å². The SMILES string of the molecule is CN=S1(=O)C=CC(NC(=O)c2ccc(-c3ccc(C)c(C)c3)[nH]c2=O)C1.[HH].[HH]. The summed E-state index contributed by atoms with van der Waals surface area (Å²) in [5, 5.41) is 4.24. The van der Waals surface area contributed by atoms with Gasteiger partial charge in [-0.15, -0.1) is 0 Å². The second kappa shape index (κ2) is 6.92. The van der Waals surface area contributed by atoms with Crippen LogP contribution in [0.2, 0.25) is 0 Å². The first-order valence-corrected chi connectivity index (χ1v) is 9.99. The minimum absolute atomic E-state index is 0. The maximum Gasteiger partial charge on any atom is 0.261 e. The van der Waals surface area contributed by atoms with Crippen molar-refractivity contribution in [2.45, 2.75) is 19.9 Å². The van der Waals surface area contributed by atoms with Crippen LogP contribution in [0.5, 0.6) is 0 Å². The zero-order valence-electron chi connectivity index (χ0n) is 14.9. The zero-order chi connectivity index (χ0) is 18.9. The number of aromatic nitrogens is 1. The molecule has 2 N–H and O–H groups in total. The minimum atomic E-state index is -2.39. The molecule has 7 heteroatoms. The molecule has 1 amide bonds. The molecule has 26 heavy (non-hydrogen) atoms. The molecule has 1 aliphatic heterocycles. The third kappa shape index (κ3) is 3.62. The topological polar surface area (TPSA) is 91.4 Å². The molecule has 1 aliphatic rings. The molecule has 1 aromatic heterocycles. The van der Waals surface area contributed by atoms with Gasteiger partial charge in [0.05, 0.1) is 21.5 Å². The van der Waals surface area contributed by atoms with E-state index in [-0.39, 0.29) is 14.2 Å². The number of H-pyrrole nitrogens is 1. The van der Waals surface area contributed by atoms with Crippen molar-refractivity contribution in [3.63, 3.8) is 0 Å². The molecular weight excluding hydrogens is 350 g/mol. The van der Waals surface area contributed by atoms with Crippen LogP contribution in [0.15, 0.2) is 51.0 Å². The van der Waals surface area contributed by atoms with Gasteiger partial charge in [-0.1, -0.05) is 18.2 Å². The molecule has 0 saturated heterocycles. The molecule has 2 aromatic rings. The fourth-order valence-electron chi connectivity index (χ4n) is 2.79. The lowest BCUT2D eigenvalue weighted by molar-refractivity contribution is 0.0946. The highest BCUT2D eigenvalue weighted by molar-refractivity contribution is 7.96. The summed E-state index contributed by atoms with van der Waals surface area (Å²) < 4.78 is 16.0. The molecule has 1 aromatic carbocycles. The van der Waals surface area contributed by atoms with Crippen LogP contribution in [0.1, 0.15) is 24.3 Å². The quantitative estimate of drug-likeness (QED) is 0.864. The molecule has 140 valence electrons. The van der Waals surface area contributed by atoms with E-state index in [1.165, 1.54) is 24.1 Å². The van der Waals surface area contributed by atoms with Crippen molar-refractivity contribution in [2.24, 2.45) is 4.36 Å². The average Bonchev–Trinajstić information content (AvgIpc) is 2.98. The number of nitrogens with one attached hydrogen (secondary N) is 2. The molecule has 0 fully saturated rings. The Labute approximate surface area is 155 Å². The first-order valence-electron chi connectivity index (χ1n) is 8.24. The Bertz CT molecular complexity index is 1090. The highest BCUT2D eigenvalue weighted by Gasteiger charge is 2.23. The van der Waals surface area contributed by atoms with Crippen LogP contribution in [0.3, 0.4) is 0 Å². The Hall–Kier alpha value is -2.67.